The van der Waals surface area contributed by atoms with E-state index in [-0.39, 0.29) is 11.1 Å². The smallest absolute Gasteiger partial charge is 0.335 e. The van der Waals surface area contributed by atoms with Gasteiger partial charge in [-0.05, 0) is 55.1 Å². The van der Waals surface area contributed by atoms with E-state index in [0.29, 0.717) is 41.4 Å². The van der Waals surface area contributed by atoms with Crippen molar-refractivity contribution in [3.8, 4) is 12.3 Å². The molecule has 0 unspecified atom stereocenters. The molecule has 8 heteroatoms. The largest absolute Gasteiger partial charge is 0.478 e. The fourth-order valence-corrected chi connectivity index (χ4v) is 3.88. The number of halogens is 1. The van der Waals surface area contributed by atoms with Gasteiger partial charge in [-0.15, -0.1) is 6.42 Å². The lowest BCUT2D eigenvalue weighted by molar-refractivity contribution is 0.0697. The molecule has 0 aliphatic carbocycles. The fraction of sp³-hybridized carbons (Fsp3) is 0.320. The first-order valence-corrected chi connectivity index (χ1v) is 11.1. The molecule has 7 nitrogen and oxygen atoms in total. The summed E-state index contributed by atoms with van der Waals surface area (Å²) in [5.41, 5.74) is 2.11. The Labute approximate surface area is 198 Å². The number of aromatic carboxylic acids is 1. The monoisotopic (exact) mass is 466 g/mol. The number of carbonyl (C=O) groups is 1. The molecular weight excluding hydrogens is 440 g/mol. The predicted molar refractivity (Wildman–Crippen MR) is 132 cm³/mol. The van der Waals surface area contributed by atoms with Gasteiger partial charge in [-0.25, -0.2) is 9.78 Å². The topological polar surface area (TPSA) is 78.7 Å². The van der Waals surface area contributed by atoms with Gasteiger partial charge in [-0.2, -0.15) is 0 Å². The van der Waals surface area contributed by atoms with Crippen molar-refractivity contribution in [1.29, 1.82) is 0 Å². The van der Waals surface area contributed by atoms with Crippen LogP contribution in [0.4, 0.5) is 5.69 Å². The maximum absolute atomic E-state index is 13.1. The Kier molecular flexibility index (Phi) is 7.75. The van der Waals surface area contributed by atoms with Gasteiger partial charge in [0.05, 0.1) is 29.6 Å². The SMILES string of the molecule is C#CCN(Cc1cc2c(=O)n(C)c(CN(CC)CC)nc2cc1Cl)c1ccc(C(=O)O)cc1. The van der Waals surface area contributed by atoms with Gasteiger partial charge in [0.1, 0.15) is 5.82 Å². The van der Waals surface area contributed by atoms with Crippen molar-refractivity contribution >= 4 is 34.2 Å². The molecule has 2 aromatic carbocycles. The molecule has 1 aromatic heterocycles. The summed E-state index contributed by atoms with van der Waals surface area (Å²) < 4.78 is 1.59. The van der Waals surface area contributed by atoms with E-state index >= 15 is 0 Å². The van der Waals surface area contributed by atoms with Crippen molar-refractivity contribution in [2.24, 2.45) is 7.05 Å². The number of rotatable bonds is 9. The maximum atomic E-state index is 13.1. The lowest BCUT2D eigenvalue weighted by Gasteiger charge is -2.24. The number of carboxylic acid groups (broad SMARTS) is 1. The highest BCUT2D eigenvalue weighted by molar-refractivity contribution is 6.32. The molecule has 0 saturated heterocycles. The van der Waals surface area contributed by atoms with Gasteiger partial charge >= 0.3 is 5.97 Å². The molecule has 0 aliphatic heterocycles. The number of nitrogens with zero attached hydrogens (tertiary/aromatic N) is 4. The first-order valence-electron chi connectivity index (χ1n) is 10.7. The summed E-state index contributed by atoms with van der Waals surface area (Å²) in [6, 6.07) is 9.95. The van der Waals surface area contributed by atoms with Crippen molar-refractivity contribution in [2.75, 3.05) is 24.5 Å². The Balaban J connectivity index is 1.99. The summed E-state index contributed by atoms with van der Waals surface area (Å²) in [5, 5.41) is 10.1. The summed E-state index contributed by atoms with van der Waals surface area (Å²) in [5.74, 6) is 2.31. The van der Waals surface area contributed by atoms with Crippen LogP contribution in [-0.4, -0.2) is 45.2 Å². The first kappa shape index (κ1) is 24.3. The zero-order valence-electron chi connectivity index (χ0n) is 19.0. The summed E-state index contributed by atoms with van der Waals surface area (Å²) in [6.07, 6.45) is 5.56. The van der Waals surface area contributed by atoms with E-state index in [0.717, 1.165) is 24.3 Å². The average molecular weight is 467 g/mol. The quantitative estimate of drug-likeness (QED) is 0.484. The summed E-state index contributed by atoms with van der Waals surface area (Å²) >= 11 is 6.59. The number of benzene rings is 2. The Bertz CT molecular complexity index is 1260. The van der Waals surface area contributed by atoms with Crippen LogP contribution in [-0.2, 0) is 20.1 Å². The third kappa shape index (κ3) is 5.36. The van der Waals surface area contributed by atoms with Crippen LogP contribution in [0.5, 0.6) is 0 Å². The van der Waals surface area contributed by atoms with Crippen LogP contribution in [0.25, 0.3) is 10.9 Å². The molecule has 0 bridgehead atoms. The number of aromatic nitrogens is 2. The number of anilines is 1. The molecule has 0 atom stereocenters. The average Bonchev–Trinajstić information content (AvgIpc) is 2.81. The second-order valence-electron chi connectivity index (χ2n) is 7.73. The van der Waals surface area contributed by atoms with Gasteiger partial charge in [-0.3, -0.25) is 14.3 Å². The molecule has 0 amide bonds. The predicted octanol–water partition coefficient (Wildman–Crippen LogP) is 3.77. The highest BCUT2D eigenvalue weighted by Gasteiger charge is 2.16. The van der Waals surface area contributed by atoms with Crippen molar-refractivity contribution in [2.45, 2.75) is 26.9 Å². The first-order chi connectivity index (χ1) is 15.8. The molecule has 3 rings (SSSR count). The second kappa shape index (κ2) is 10.5. The third-order valence-corrected chi connectivity index (χ3v) is 6.07. The van der Waals surface area contributed by atoms with Gasteiger partial charge in [-0.1, -0.05) is 31.4 Å². The van der Waals surface area contributed by atoms with E-state index in [4.69, 9.17) is 28.1 Å². The highest BCUT2D eigenvalue weighted by Crippen LogP contribution is 2.25. The molecule has 0 spiro atoms. The minimum absolute atomic E-state index is 0.130. The zero-order valence-corrected chi connectivity index (χ0v) is 19.8. The molecule has 0 radical (unpaired) electrons. The van der Waals surface area contributed by atoms with Crippen molar-refractivity contribution in [1.82, 2.24) is 14.5 Å². The number of carboxylic acids is 1. The van der Waals surface area contributed by atoms with Crippen LogP contribution >= 0.6 is 11.6 Å². The van der Waals surface area contributed by atoms with Gasteiger partial charge in [0.2, 0.25) is 0 Å². The normalized spacial score (nSPS) is 11.0. The molecule has 1 N–H and O–H groups in total. The minimum Gasteiger partial charge on any atom is -0.478 e. The number of fused-ring (bicyclic) bond motifs is 1. The van der Waals surface area contributed by atoms with Gasteiger partial charge in [0.25, 0.3) is 5.56 Å². The van der Waals surface area contributed by atoms with Crippen molar-refractivity contribution in [3.05, 3.63) is 68.7 Å². The Morgan fingerprint density at radius 1 is 1.18 bits per heavy atom. The molecule has 0 saturated carbocycles. The third-order valence-electron chi connectivity index (χ3n) is 5.72. The van der Waals surface area contributed by atoms with Gasteiger partial charge in [0.15, 0.2) is 0 Å². The molecule has 1 heterocycles. The zero-order chi connectivity index (χ0) is 24.1. The number of hydrogen-bond acceptors (Lipinski definition) is 5. The summed E-state index contributed by atoms with van der Waals surface area (Å²) in [6.45, 7) is 7.10. The molecule has 0 fully saturated rings. The summed E-state index contributed by atoms with van der Waals surface area (Å²) in [4.78, 5) is 33.0. The van der Waals surface area contributed by atoms with E-state index < -0.39 is 5.97 Å². The maximum Gasteiger partial charge on any atom is 0.335 e. The van der Waals surface area contributed by atoms with Crippen LogP contribution in [0.3, 0.4) is 0 Å². The van der Waals surface area contributed by atoms with E-state index in [1.807, 2.05) is 4.90 Å². The van der Waals surface area contributed by atoms with Gasteiger partial charge < -0.3 is 10.0 Å². The second-order valence-corrected chi connectivity index (χ2v) is 8.13. The van der Waals surface area contributed by atoms with E-state index in [9.17, 15) is 9.59 Å². The Morgan fingerprint density at radius 2 is 1.85 bits per heavy atom. The fourth-order valence-electron chi connectivity index (χ4n) is 3.66. The van der Waals surface area contributed by atoms with Crippen LogP contribution in [0.15, 0.2) is 41.2 Å². The molecule has 33 heavy (non-hydrogen) atoms. The standard InChI is InChI=1S/C25H27ClN4O3/c1-5-12-30(19-10-8-17(9-11-19)25(32)33)15-18-13-20-22(14-21(18)26)27-23(28(4)24(20)31)16-29(6-2)7-3/h1,8-11,13-14H,6-7,12,15-16H2,2-4H3,(H,32,33). The lowest BCUT2D eigenvalue weighted by Crippen LogP contribution is -2.29. The van der Waals surface area contributed by atoms with Crippen molar-refractivity contribution < 1.29 is 9.90 Å². The highest BCUT2D eigenvalue weighted by atomic mass is 35.5. The minimum atomic E-state index is -0.994. The Hall–Kier alpha value is -3.34. The molecule has 0 aliphatic rings. The lowest BCUT2D eigenvalue weighted by atomic mass is 10.1. The van der Waals surface area contributed by atoms with Crippen molar-refractivity contribution in [3.63, 3.8) is 0 Å². The summed E-state index contributed by atoms with van der Waals surface area (Å²) in [7, 11) is 1.73. The van der Waals surface area contributed by atoms with Gasteiger partial charge in [0, 0.05) is 24.3 Å². The van der Waals surface area contributed by atoms with E-state index in [1.165, 1.54) is 12.1 Å². The Morgan fingerprint density at radius 3 is 2.42 bits per heavy atom. The van der Waals surface area contributed by atoms with E-state index in [2.05, 4.69) is 24.7 Å². The van der Waals surface area contributed by atoms with Crippen LogP contribution < -0.4 is 10.5 Å². The van der Waals surface area contributed by atoms with Crippen LogP contribution in [0.1, 0.15) is 35.6 Å². The van der Waals surface area contributed by atoms with E-state index in [1.54, 1.807) is 35.9 Å². The van der Waals surface area contributed by atoms with Crippen LogP contribution in [0.2, 0.25) is 5.02 Å². The molecule has 172 valence electrons. The number of terminal acetylenes is 1. The number of hydrogen-bond donors (Lipinski definition) is 1. The van der Waals surface area contributed by atoms with Crippen LogP contribution in [0, 0.1) is 12.3 Å². The molecule has 3 aromatic rings. The molecular formula is C25H27ClN4O3.